The monoisotopic (exact) mass is 249 g/mol. The Balaban J connectivity index is 3.27. The van der Waals surface area contributed by atoms with Crippen LogP contribution in [0.5, 0.6) is 0 Å². The lowest BCUT2D eigenvalue weighted by atomic mass is 10.2. The Morgan fingerprint density at radius 3 is 2.89 bits per heavy atom. The largest absolute Gasteiger partial charge is 0.480 e. The summed E-state index contributed by atoms with van der Waals surface area (Å²) >= 11 is 0. The van der Waals surface area contributed by atoms with Gasteiger partial charge in [-0.1, -0.05) is 5.92 Å². The number of rotatable bonds is 5. The first-order valence-corrected chi connectivity index (χ1v) is 4.97. The van der Waals surface area contributed by atoms with Gasteiger partial charge in [0.2, 0.25) is 5.82 Å². The average molecular weight is 249 g/mol. The normalized spacial score (nSPS) is 9.56. The molecule has 1 rings (SSSR count). The SMILES string of the molecule is C#CCN(CC(=O)O)c1nccc(C)c1[N+](=O)[O-]. The van der Waals surface area contributed by atoms with Crippen molar-refractivity contribution in [3.8, 4) is 12.3 Å². The van der Waals surface area contributed by atoms with Crippen LogP contribution in [0.25, 0.3) is 0 Å². The van der Waals surface area contributed by atoms with Crippen LogP contribution in [0.2, 0.25) is 0 Å². The summed E-state index contributed by atoms with van der Waals surface area (Å²) < 4.78 is 0. The van der Waals surface area contributed by atoms with Crippen molar-refractivity contribution in [1.29, 1.82) is 0 Å². The minimum atomic E-state index is -1.14. The fraction of sp³-hybridized carbons (Fsp3) is 0.273. The molecule has 7 heteroatoms. The van der Waals surface area contributed by atoms with E-state index in [1.54, 1.807) is 6.92 Å². The van der Waals surface area contributed by atoms with Gasteiger partial charge < -0.3 is 10.0 Å². The van der Waals surface area contributed by atoms with E-state index in [1.807, 2.05) is 0 Å². The fourth-order valence-electron chi connectivity index (χ4n) is 1.47. The van der Waals surface area contributed by atoms with Crippen LogP contribution >= 0.6 is 0 Å². The molecule has 0 aliphatic rings. The Hall–Kier alpha value is -2.62. The van der Waals surface area contributed by atoms with E-state index in [9.17, 15) is 14.9 Å². The Labute approximate surface area is 103 Å². The topological polar surface area (TPSA) is 96.6 Å². The maximum atomic E-state index is 11.0. The van der Waals surface area contributed by atoms with Crippen molar-refractivity contribution in [2.75, 3.05) is 18.0 Å². The van der Waals surface area contributed by atoms with E-state index in [-0.39, 0.29) is 18.1 Å². The van der Waals surface area contributed by atoms with Gasteiger partial charge in [0.05, 0.1) is 11.5 Å². The number of terminal acetylenes is 1. The van der Waals surface area contributed by atoms with Crippen molar-refractivity contribution in [3.05, 3.63) is 27.9 Å². The third-order valence-electron chi connectivity index (χ3n) is 2.20. The molecule has 0 radical (unpaired) electrons. The molecule has 0 aromatic carbocycles. The van der Waals surface area contributed by atoms with E-state index >= 15 is 0 Å². The summed E-state index contributed by atoms with van der Waals surface area (Å²) in [4.78, 5) is 26.1. The number of aromatic nitrogens is 1. The molecule has 18 heavy (non-hydrogen) atoms. The third kappa shape index (κ3) is 2.95. The summed E-state index contributed by atoms with van der Waals surface area (Å²) in [7, 11) is 0. The molecule has 0 saturated carbocycles. The summed E-state index contributed by atoms with van der Waals surface area (Å²) in [5, 5.41) is 19.7. The molecule has 0 bridgehead atoms. The molecule has 0 fully saturated rings. The second-order valence-electron chi connectivity index (χ2n) is 3.51. The zero-order valence-corrected chi connectivity index (χ0v) is 9.66. The van der Waals surface area contributed by atoms with Crippen LogP contribution in [0.3, 0.4) is 0 Å². The minimum Gasteiger partial charge on any atom is -0.480 e. The maximum Gasteiger partial charge on any atom is 0.323 e. The van der Waals surface area contributed by atoms with Gasteiger partial charge in [-0.25, -0.2) is 4.98 Å². The highest BCUT2D eigenvalue weighted by atomic mass is 16.6. The molecule has 1 aromatic rings. The summed E-state index contributed by atoms with van der Waals surface area (Å²) in [6.45, 7) is 1.04. The number of carboxylic acids is 1. The number of hydrogen-bond donors (Lipinski definition) is 1. The Bertz CT molecular complexity index is 522. The predicted octanol–water partition coefficient (Wildman–Crippen LogP) is 0.822. The van der Waals surface area contributed by atoms with Crippen LogP contribution in [-0.4, -0.2) is 34.1 Å². The van der Waals surface area contributed by atoms with Crippen molar-refractivity contribution in [3.63, 3.8) is 0 Å². The molecule has 0 unspecified atom stereocenters. The van der Waals surface area contributed by atoms with Crippen molar-refractivity contribution in [2.45, 2.75) is 6.92 Å². The van der Waals surface area contributed by atoms with Crippen LogP contribution in [0, 0.1) is 29.4 Å². The van der Waals surface area contributed by atoms with Crippen LogP contribution in [-0.2, 0) is 4.79 Å². The maximum absolute atomic E-state index is 11.0. The van der Waals surface area contributed by atoms with E-state index < -0.39 is 17.4 Å². The number of hydrogen-bond acceptors (Lipinski definition) is 5. The number of aliphatic carboxylic acids is 1. The second kappa shape index (κ2) is 5.63. The Morgan fingerprint density at radius 2 is 2.39 bits per heavy atom. The quantitative estimate of drug-likeness (QED) is 0.471. The van der Waals surface area contributed by atoms with Crippen molar-refractivity contribution >= 4 is 17.5 Å². The van der Waals surface area contributed by atoms with Gasteiger partial charge in [-0.2, -0.15) is 0 Å². The molecule has 1 aromatic heterocycles. The number of anilines is 1. The molecule has 0 aliphatic carbocycles. The number of nitro groups is 1. The fourth-order valence-corrected chi connectivity index (χ4v) is 1.47. The Kier molecular flexibility index (Phi) is 4.21. The highest BCUT2D eigenvalue weighted by molar-refractivity contribution is 5.75. The van der Waals surface area contributed by atoms with Crippen LogP contribution in [0.15, 0.2) is 12.3 Å². The van der Waals surface area contributed by atoms with E-state index in [4.69, 9.17) is 11.5 Å². The molecule has 1 heterocycles. The van der Waals surface area contributed by atoms with Crippen LogP contribution in [0.4, 0.5) is 11.5 Å². The average Bonchev–Trinajstić information content (AvgIpc) is 2.27. The van der Waals surface area contributed by atoms with Gasteiger partial charge in [0.15, 0.2) is 0 Å². The minimum absolute atomic E-state index is 0.0275. The lowest BCUT2D eigenvalue weighted by Crippen LogP contribution is -2.31. The first-order valence-electron chi connectivity index (χ1n) is 4.97. The summed E-state index contributed by atoms with van der Waals surface area (Å²) in [5.41, 5.74) is 0.173. The highest BCUT2D eigenvalue weighted by Gasteiger charge is 2.24. The first-order chi connectivity index (χ1) is 8.47. The number of pyridine rings is 1. The van der Waals surface area contributed by atoms with Crippen molar-refractivity contribution in [1.82, 2.24) is 4.98 Å². The zero-order chi connectivity index (χ0) is 13.7. The number of nitrogens with zero attached hydrogens (tertiary/aromatic N) is 3. The third-order valence-corrected chi connectivity index (χ3v) is 2.20. The second-order valence-corrected chi connectivity index (χ2v) is 3.51. The summed E-state index contributed by atoms with van der Waals surface area (Å²) in [6, 6.07) is 1.48. The van der Waals surface area contributed by atoms with Gasteiger partial charge >= 0.3 is 11.7 Å². The molecular formula is C11H11N3O4. The first kappa shape index (κ1) is 13.4. The van der Waals surface area contributed by atoms with E-state index in [1.165, 1.54) is 17.2 Å². The summed E-state index contributed by atoms with van der Waals surface area (Å²) in [6.07, 6.45) is 6.50. The Morgan fingerprint density at radius 1 is 1.72 bits per heavy atom. The lowest BCUT2D eigenvalue weighted by Gasteiger charge is -2.18. The smallest absolute Gasteiger partial charge is 0.323 e. The standard InChI is InChI=1S/C11H11N3O4/c1-3-6-13(7-9(15)16)11-10(14(17)18)8(2)4-5-12-11/h1,4-5H,6-7H2,2H3,(H,15,16). The number of carbonyl (C=O) groups is 1. The molecule has 94 valence electrons. The van der Waals surface area contributed by atoms with Gasteiger partial charge in [-0.3, -0.25) is 14.9 Å². The molecule has 1 N–H and O–H groups in total. The van der Waals surface area contributed by atoms with Crippen LogP contribution < -0.4 is 4.90 Å². The van der Waals surface area contributed by atoms with Gasteiger partial charge in [-0.05, 0) is 13.0 Å². The molecule has 0 aliphatic heterocycles. The van der Waals surface area contributed by atoms with E-state index in [0.717, 1.165) is 0 Å². The molecular weight excluding hydrogens is 238 g/mol. The van der Waals surface area contributed by atoms with Crippen molar-refractivity contribution in [2.24, 2.45) is 0 Å². The van der Waals surface area contributed by atoms with E-state index in [0.29, 0.717) is 5.56 Å². The van der Waals surface area contributed by atoms with Gasteiger partial charge in [-0.15, -0.1) is 6.42 Å². The van der Waals surface area contributed by atoms with E-state index in [2.05, 4.69) is 10.9 Å². The van der Waals surface area contributed by atoms with Crippen molar-refractivity contribution < 1.29 is 14.8 Å². The molecule has 0 atom stereocenters. The van der Waals surface area contributed by atoms with Gasteiger partial charge in [0.25, 0.3) is 0 Å². The number of aryl methyl sites for hydroxylation is 1. The molecule has 7 nitrogen and oxygen atoms in total. The molecule has 0 amide bonds. The molecule has 0 saturated heterocycles. The molecule has 0 spiro atoms. The predicted molar refractivity (Wildman–Crippen MR) is 64.3 cm³/mol. The van der Waals surface area contributed by atoms with Gasteiger partial charge in [0.1, 0.15) is 6.54 Å². The summed E-state index contributed by atoms with van der Waals surface area (Å²) in [5.74, 6) is 1.09. The highest BCUT2D eigenvalue weighted by Crippen LogP contribution is 2.28. The number of carboxylic acid groups (broad SMARTS) is 1. The van der Waals surface area contributed by atoms with Gasteiger partial charge in [0, 0.05) is 11.8 Å². The zero-order valence-electron chi connectivity index (χ0n) is 9.66. The van der Waals surface area contributed by atoms with Crippen LogP contribution in [0.1, 0.15) is 5.56 Å². The lowest BCUT2D eigenvalue weighted by molar-refractivity contribution is -0.384.